The predicted molar refractivity (Wildman–Crippen MR) is 73.3 cm³/mol. The number of halogens is 2. The highest BCUT2D eigenvalue weighted by molar-refractivity contribution is 6.33. The van der Waals surface area contributed by atoms with Crippen LogP contribution >= 0.6 is 23.2 Å². The zero-order valence-corrected chi connectivity index (χ0v) is 11.5. The summed E-state index contributed by atoms with van der Waals surface area (Å²) in [7, 11) is 0. The molecule has 0 radical (unpaired) electrons. The molecular weight excluding hydrogens is 257 g/mol. The van der Waals surface area contributed by atoms with Crippen LogP contribution in [0.3, 0.4) is 0 Å². The number of para-hydroxylation sites is 1. The van der Waals surface area contributed by atoms with Gasteiger partial charge in [0.1, 0.15) is 0 Å². The van der Waals surface area contributed by atoms with Crippen molar-refractivity contribution in [3.05, 3.63) is 28.8 Å². The first-order chi connectivity index (χ1) is 8.26. The van der Waals surface area contributed by atoms with E-state index in [1.807, 2.05) is 18.2 Å². The molecule has 0 spiro atoms. The molecule has 1 aromatic carbocycles. The number of nitrogens with zero attached hydrogens (tertiary/aromatic N) is 1. The topological polar surface area (TPSA) is 12.5 Å². The first-order valence-corrected chi connectivity index (χ1v) is 6.87. The van der Waals surface area contributed by atoms with Gasteiger partial charge in [-0.15, -0.1) is 11.6 Å². The van der Waals surface area contributed by atoms with E-state index in [-0.39, 0.29) is 0 Å². The normalized spacial score (nSPS) is 20.6. The van der Waals surface area contributed by atoms with Gasteiger partial charge < -0.3 is 9.64 Å². The van der Waals surface area contributed by atoms with Crippen molar-refractivity contribution >= 4 is 28.9 Å². The van der Waals surface area contributed by atoms with E-state index in [4.69, 9.17) is 27.9 Å². The number of alkyl halides is 1. The van der Waals surface area contributed by atoms with Gasteiger partial charge in [0.05, 0.1) is 23.4 Å². The molecule has 2 rings (SSSR count). The molecule has 0 bridgehead atoms. The van der Waals surface area contributed by atoms with Crippen LogP contribution in [0.1, 0.15) is 18.9 Å². The summed E-state index contributed by atoms with van der Waals surface area (Å²) in [6, 6.07) is 5.90. The molecule has 1 heterocycles. The summed E-state index contributed by atoms with van der Waals surface area (Å²) < 4.78 is 5.67. The van der Waals surface area contributed by atoms with Crippen molar-refractivity contribution < 1.29 is 4.74 Å². The number of hydrogen-bond acceptors (Lipinski definition) is 2. The highest BCUT2D eigenvalue weighted by atomic mass is 35.5. The van der Waals surface area contributed by atoms with Crippen LogP contribution in [0, 0.1) is 0 Å². The van der Waals surface area contributed by atoms with E-state index in [0.717, 1.165) is 42.4 Å². The first-order valence-electron chi connectivity index (χ1n) is 5.96. The van der Waals surface area contributed by atoms with E-state index in [9.17, 15) is 0 Å². The molecule has 17 heavy (non-hydrogen) atoms. The first kappa shape index (κ1) is 13.0. The van der Waals surface area contributed by atoms with Gasteiger partial charge in [-0.05, 0) is 18.1 Å². The lowest BCUT2D eigenvalue weighted by Crippen LogP contribution is -2.42. The minimum absolute atomic E-state index is 0.295. The number of anilines is 1. The minimum Gasteiger partial charge on any atom is -0.375 e. The summed E-state index contributed by atoms with van der Waals surface area (Å²) >= 11 is 12.3. The van der Waals surface area contributed by atoms with E-state index in [1.54, 1.807) is 0 Å². The average Bonchev–Trinajstić information content (AvgIpc) is 2.38. The summed E-state index contributed by atoms with van der Waals surface area (Å²) in [6.45, 7) is 4.67. The van der Waals surface area contributed by atoms with Gasteiger partial charge in [-0.3, -0.25) is 0 Å². The van der Waals surface area contributed by atoms with Gasteiger partial charge in [0.25, 0.3) is 0 Å². The molecule has 0 aromatic heterocycles. The number of benzene rings is 1. The quantitative estimate of drug-likeness (QED) is 0.779. The fourth-order valence-electron chi connectivity index (χ4n) is 2.19. The standard InChI is InChI=1S/C13H17Cl2NO/c1-2-11-9-16(6-7-17-11)13-10(8-14)4-3-5-12(13)15/h3-5,11H,2,6-9H2,1H3. The van der Waals surface area contributed by atoms with Gasteiger partial charge in [-0.25, -0.2) is 0 Å². The van der Waals surface area contributed by atoms with E-state index >= 15 is 0 Å². The van der Waals surface area contributed by atoms with Crippen molar-refractivity contribution in [2.45, 2.75) is 25.3 Å². The fraction of sp³-hybridized carbons (Fsp3) is 0.538. The largest absolute Gasteiger partial charge is 0.375 e. The molecule has 1 aliphatic rings. The van der Waals surface area contributed by atoms with Crippen LogP contribution in [0.2, 0.25) is 5.02 Å². The van der Waals surface area contributed by atoms with Crippen molar-refractivity contribution in [2.75, 3.05) is 24.6 Å². The lowest BCUT2D eigenvalue weighted by molar-refractivity contribution is 0.0384. The molecule has 1 unspecified atom stereocenters. The lowest BCUT2D eigenvalue weighted by atomic mass is 10.1. The summed E-state index contributed by atoms with van der Waals surface area (Å²) in [5.74, 6) is 0.490. The zero-order chi connectivity index (χ0) is 12.3. The Balaban J connectivity index is 2.26. The molecule has 1 aromatic rings. The van der Waals surface area contributed by atoms with E-state index in [2.05, 4.69) is 11.8 Å². The Morgan fingerprint density at radius 3 is 3.00 bits per heavy atom. The molecular formula is C13H17Cl2NO. The predicted octanol–water partition coefficient (Wildman–Crippen LogP) is 3.69. The number of ether oxygens (including phenoxy) is 1. The maximum Gasteiger partial charge on any atom is 0.0748 e. The van der Waals surface area contributed by atoms with Gasteiger partial charge in [0, 0.05) is 19.0 Å². The molecule has 0 amide bonds. The summed E-state index contributed by atoms with van der Waals surface area (Å²) in [5, 5.41) is 0.778. The van der Waals surface area contributed by atoms with Gasteiger partial charge in [-0.1, -0.05) is 30.7 Å². The molecule has 4 heteroatoms. The maximum atomic E-state index is 6.29. The van der Waals surface area contributed by atoms with Crippen LogP contribution in [-0.4, -0.2) is 25.8 Å². The molecule has 0 N–H and O–H groups in total. The smallest absolute Gasteiger partial charge is 0.0748 e. The molecule has 1 saturated heterocycles. The van der Waals surface area contributed by atoms with Gasteiger partial charge >= 0.3 is 0 Å². The Labute approximate surface area is 112 Å². The second-order valence-corrected chi connectivity index (χ2v) is 4.90. The zero-order valence-electron chi connectivity index (χ0n) is 9.96. The van der Waals surface area contributed by atoms with Crippen LogP contribution in [-0.2, 0) is 10.6 Å². The molecule has 0 saturated carbocycles. The van der Waals surface area contributed by atoms with Gasteiger partial charge in [0.15, 0.2) is 0 Å². The number of hydrogen-bond donors (Lipinski definition) is 0. The Morgan fingerprint density at radius 1 is 1.47 bits per heavy atom. The van der Waals surface area contributed by atoms with E-state index in [0.29, 0.717) is 12.0 Å². The van der Waals surface area contributed by atoms with Crippen molar-refractivity contribution in [1.29, 1.82) is 0 Å². The van der Waals surface area contributed by atoms with Crippen molar-refractivity contribution in [2.24, 2.45) is 0 Å². The number of rotatable bonds is 3. The van der Waals surface area contributed by atoms with E-state index in [1.165, 1.54) is 0 Å². The van der Waals surface area contributed by atoms with Crippen LogP contribution in [0.25, 0.3) is 0 Å². The van der Waals surface area contributed by atoms with E-state index < -0.39 is 0 Å². The fourth-order valence-corrected chi connectivity index (χ4v) is 2.72. The SMILES string of the molecule is CCC1CN(c2c(Cl)cccc2CCl)CCO1. The molecule has 0 aliphatic carbocycles. The molecule has 1 fully saturated rings. The molecule has 1 atom stereocenters. The minimum atomic E-state index is 0.295. The molecule has 2 nitrogen and oxygen atoms in total. The summed E-state index contributed by atoms with van der Waals surface area (Å²) in [4.78, 5) is 2.29. The molecule has 94 valence electrons. The van der Waals surface area contributed by atoms with Gasteiger partial charge in [0.2, 0.25) is 0 Å². The van der Waals surface area contributed by atoms with Crippen molar-refractivity contribution in [1.82, 2.24) is 0 Å². The highest BCUT2D eigenvalue weighted by Crippen LogP contribution is 2.32. The van der Waals surface area contributed by atoms with Crippen molar-refractivity contribution in [3.63, 3.8) is 0 Å². The second kappa shape index (κ2) is 5.94. The summed E-state index contributed by atoms with van der Waals surface area (Å²) in [6.07, 6.45) is 1.32. The Kier molecular flexibility index (Phi) is 4.55. The third-order valence-corrected chi connectivity index (χ3v) is 3.72. The monoisotopic (exact) mass is 273 g/mol. The Hall–Kier alpha value is -0.440. The van der Waals surface area contributed by atoms with Crippen LogP contribution < -0.4 is 4.90 Å². The van der Waals surface area contributed by atoms with Crippen molar-refractivity contribution in [3.8, 4) is 0 Å². The third kappa shape index (κ3) is 2.87. The molecule has 1 aliphatic heterocycles. The second-order valence-electron chi connectivity index (χ2n) is 4.23. The summed E-state index contributed by atoms with van der Waals surface area (Å²) in [5.41, 5.74) is 2.17. The van der Waals surface area contributed by atoms with Gasteiger partial charge in [-0.2, -0.15) is 0 Å². The third-order valence-electron chi connectivity index (χ3n) is 3.12. The highest BCUT2D eigenvalue weighted by Gasteiger charge is 2.22. The van der Waals surface area contributed by atoms with Crippen LogP contribution in [0.4, 0.5) is 5.69 Å². The maximum absolute atomic E-state index is 6.29. The Morgan fingerprint density at radius 2 is 2.29 bits per heavy atom. The Bertz CT molecular complexity index is 384. The number of morpholine rings is 1. The average molecular weight is 274 g/mol. The lowest BCUT2D eigenvalue weighted by Gasteiger charge is -2.35. The van der Waals surface area contributed by atoms with Crippen LogP contribution in [0.15, 0.2) is 18.2 Å². The van der Waals surface area contributed by atoms with Crippen LogP contribution in [0.5, 0.6) is 0 Å².